The first-order chi connectivity index (χ1) is 11.9. The maximum atomic E-state index is 12.8. The van der Waals surface area contributed by atoms with Crippen molar-refractivity contribution in [3.8, 4) is 0 Å². The highest BCUT2D eigenvalue weighted by Gasteiger charge is 2.40. The number of carbonyl (C=O) groups is 2. The maximum absolute atomic E-state index is 12.8. The zero-order valence-corrected chi connectivity index (χ0v) is 15.3. The lowest BCUT2D eigenvalue weighted by molar-refractivity contribution is -0.140. The number of likely N-dealkylation sites (tertiary alicyclic amines) is 2. The Hall–Kier alpha value is -1.59. The molecular formula is C19H25ClN2O3. The summed E-state index contributed by atoms with van der Waals surface area (Å²) in [6.45, 7) is 3.81. The van der Waals surface area contributed by atoms with Gasteiger partial charge >= 0.3 is 0 Å². The molecule has 25 heavy (non-hydrogen) atoms. The Kier molecular flexibility index (Phi) is 5.35. The molecule has 1 aromatic rings. The molecule has 3 rings (SSSR count). The van der Waals surface area contributed by atoms with Crippen molar-refractivity contribution < 1.29 is 14.7 Å². The summed E-state index contributed by atoms with van der Waals surface area (Å²) in [7, 11) is 0. The maximum Gasteiger partial charge on any atom is 0.225 e. The molecule has 5 nitrogen and oxygen atoms in total. The van der Waals surface area contributed by atoms with Gasteiger partial charge in [-0.05, 0) is 37.0 Å². The molecule has 0 aliphatic carbocycles. The summed E-state index contributed by atoms with van der Waals surface area (Å²) < 4.78 is 0. The third-order valence-corrected chi connectivity index (χ3v) is 5.59. The van der Waals surface area contributed by atoms with Crippen molar-refractivity contribution in [2.24, 2.45) is 5.92 Å². The van der Waals surface area contributed by atoms with Gasteiger partial charge in [-0.15, -0.1) is 0 Å². The quantitative estimate of drug-likeness (QED) is 0.893. The van der Waals surface area contributed by atoms with E-state index in [1.54, 1.807) is 16.7 Å². The van der Waals surface area contributed by atoms with Crippen molar-refractivity contribution >= 4 is 23.4 Å². The zero-order valence-electron chi connectivity index (χ0n) is 14.6. The number of rotatable bonds is 3. The molecule has 2 aliphatic rings. The molecule has 0 saturated carbocycles. The predicted octanol–water partition coefficient (Wildman–Crippen LogP) is 2.10. The third-order valence-electron chi connectivity index (χ3n) is 5.36. The minimum Gasteiger partial charge on any atom is -0.388 e. The molecule has 0 unspecified atom stereocenters. The lowest BCUT2D eigenvalue weighted by atomic mass is 9.93. The summed E-state index contributed by atoms with van der Waals surface area (Å²) in [5, 5.41) is 11.5. The van der Waals surface area contributed by atoms with E-state index in [4.69, 9.17) is 11.6 Å². The predicted molar refractivity (Wildman–Crippen MR) is 96.3 cm³/mol. The standard InChI is InChI=1S/C19H25ClN2O3/c1-14(23)21-8-5-16(6-9-21)18(24)22-10-7-19(25,13-22)12-15-3-2-4-17(20)11-15/h2-4,11,16,25H,5-10,12-13H2,1H3/t19-/m0/s1. The Morgan fingerprint density at radius 2 is 1.96 bits per heavy atom. The van der Waals surface area contributed by atoms with Crippen LogP contribution in [-0.4, -0.2) is 58.5 Å². The van der Waals surface area contributed by atoms with E-state index in [-0.39, 0.29) is 17.7 Å². The van der Waals surface area contributed by atoms with Gasteiger partial charge in [-0.3, -0.25) is 9.59 Å². The lowest BCUT2D eigenvalue weighted by Gasteiger charge is -2.33. The van der Waals surface area contributed by atoms with E-state index in [1.165, 1.54) is 0 Å². The molecule has 1 N–H and O–H groups in total. The average Bonchev–Trinajstić information content (AvgIpc) is 2.96. The van der Waals surface area contributed by atoms with E-state index in [0.29, 0.717) is 56.9 Å². The monoisotopic (exact) mass is 364 g/mol. The van der Waals surface area contributed by atoms with Crippen molar-refractivity contribution in [3.63, 3.8) is 0 Å². The second kappa shape index (κ2) is 7.34. The highest BCUT2D eigenvalue weighted by Crippen LogP contribution is 2.29. The first-order valence-electron chi connectivity index (χ1n) is 8.87. The van der Waals surface area contributed by atoms with Crippen LogP contribution in [0.5, 0.6) is 0 Å². The van der Waals surface area contributed by atoms with Gasteiger partial charge in [-0.2, -0.15) is 0 Å². The Morgan fingerprint density at radius 1 is 1.24 bits per heavy atom. The van der Waals surface area contributed by atoms with E-state index in [2.05, 4.69) is 0 Å². The lowest BCUT2D eigenvalue weighted by Crippen LogP contribution is -2.44. The normalized spacial score (nSPS) is 24.6. The fourth-order valence-electron chi connectivity index (χ4n) is 3.92. The van der Waals surface area contributed by atoms with Gasteiger partial charge in [-0.25, -0.2) is 0 Å². The summed E-state index contributed by atoms with van der Waals surface area (Å²) in [5.41, 5.74) is 0.0968. The molecule has 6 heteroatoms. The number of β-amino-alcohol motifs (C(OH)–C–C–N with tert-alkyl or cyclic N) is 1. The van der Waals surface area contributed by atoms with Crippen LogP contribution in [-0.2, 0) is 16.0 Å². The van der Waals surface area contributed by atoms with Crippen molar-refractivity contribution in [3.05, 3.63) is 34.9 Å². The number of hydrogen-bond acceptors (Lipinski definition) is 3. The van der Waals surface area contributed by atoms with Crippen LogP contribution in [0.2, 0.25) is 5.02 Å². The smallest absolute Gasteiger partial charge is 0.225 e. The van der Waals surface area contributed by atoms with Crippen LogP contribution in [0.1, 0.15) is 31.7 Å². The van der Waals surface area contributed by atoms with Crippen LogP contribution in [0.25, 0.3) is 0 Å². The van der Waals surface area contributed by atoms with E-state index in [1.807, 2.05) is 24.3 Å². The molecule has 2 saturated heterocycles. The fourth-order valence-corrected chi connectivity index (χ4v) is 4.13. The molecule has 0 bridgehead atoms. The number of aliphatic hydroxyl groups is 1. The largest absolute Gasteiger partial charge is 0.388 e. The fraction of sp³-hybridized carbons (Fsp3) is 0.579. The molecule has 1 atom stereocenters. The van der Waals surface area contributed by atoms with E-state index < -0.39 is 5.60 Å². The molecule has 2 aliphatic heterocycles. The van der Waals surface area contributed by atoms with Gasteiger partial charge in [0.15, 0.2) is 0 Å². The van der Waals surface area contributed by atoms with Gasteiger partial charge < -0.3 is 14.9 Å². The van der Waals surface area contributed by atoms with E-state index in [9.17, 15) is 14.7 Å². The molecule has 0 spiro atoms. The molecular weight excluding hydrogens is 340 g/mol. The van der Waals surface area contributed by atoms with Crippen LogP contribution in [0.15, 0.2) is 24.3 Å². The Morgan fingerprint density at radius 3 is 2.60 bits per heavy atom. The molecule has 2 amide bonds. The van der Waals surface area contributed by atoms with Gasteiger partial charge in [0.2, 0.25) is 11.8 Å². The summed E-state index contributed by atoms with van der Waals surface area (Å²) in [6, 6.07) is 7.50. The van der Waals surface area contributed by atoms with Crippen molar-refractivity contribution in [1.82, 2.24) is 9.80 Å². The van der Waals surface area contributed by atoms with E-state index >= 15 is 0 Å². The van der Waals surface area contributed by atoms with Crippen LogP contribution in [0.3, 0.4) is 0 Å². The molecule has 136 valence electrons. The Labute approximate surface area is 153 Å². The number of carbonyl (C=O) groups excluding carboxylic acids is 2. The number of amides is 2. The molecule has 0 radical (unpaired) electrons. The number of piperidine rings is 1. The number of halogens is 1. The molecule has 0 aromatic heterocycles. The number of nitrogens with zero attached hydrogens (tertiary/aromatic N) is 2. The van der Waals surface area contributed by atoms with Crippen molar-refractivity contribution in [1.29, 1.82) is 0 Å². The summed E-state index contributed by atoms with van der Waals surface area (Å²) in [6.07, 6.45) is 2.50. The highest BCUT2D eigenvalue weighted by atomic mass is 35.5. The van der Waals surface area contributed by atoms with Crippen LogP contribution < -0.4 is 0 Å². The summed E-state index contributed by atoms with van der Waals surface area (Å²) in [5.74, 6) is 0.150. The molecule has 2 fully saturated rings. The van der Waals surface area contributed by atoms with Crippen molar-refractivity contribution in [2.75, 3.05) is 26.2 Å². The zero-order chi connectivity index (χ0) is 18.0. The van der Waals surface area contributed by atoms with Crippen molar-refractivity contribution in [2.45, 2.75) is 38.2 Å². The van der Waals surface area contributed by atoms with Crippen LogP contribution in [0.4, 0.5) is 0 Å². The number of hydrogen-bond donors (Lipinski definition) is 1. The molecule has 2 heterocycles. The first kappa shape index (κ1) is 18.2. The van der Waals surface area contributed by atoms with Gasteiger partial charge in [-0.1, -0.05) is 23.7 Å². The van der Waals surface area contributed by atoms with Crippen LogP contribution in [0, 0.1) is 5.92 Å². The molecule has 1 aromatic carbocycles. The Balaban J connectivity index is 1.57. The SMILES string of the molecule is CC(=O)N1CCC(C(=O)N2CC[C@](O)(Cc3cccc(Cl)c3)C2)CC1. The second-order valence-corrected chi connectivity index (χ2v) is 7.76. The van der Waals surface area contributed by atoms with Gasteiger partial charge in [0.25, 0.3) is 0 Å². The first-order valence-corrected chi connectivity index (χ1v) is 9.25. The second-order valence-electron chi connectivity index (χ2n) is 7.32. The van der Waals surface area contributed by atoms with E-state index in [0.717, 1.165) is 5.56 Å². The topological polar surface area (TPSA) is 60.9 Å². The van der Waals surface area contributed by atoms with Gasteiger partial charge in [0.1, 0.15) is 0 Å². The number of benzene rings is 1. The highest BCUT2D eigenvalue weighted by molar-refractivity contribution is 6.30. The third kappa shape index (κ3) is 4.33. The van der Waals surface area contributed by atoms with Gasteiger partial charge in [0, 0.05) is 50.5 Å². The summed E-state index contributed by atoms with van der Waals surface area (Å²) >= 11 is 6.02. The summed E-state index contributed by atoms with van der Waals surface area (Å²) in [4.78, 5) is 27.7. The Bertz CT molecular complexity index is 658. The average molecular weight is 365 g/mol. The minimum absolute atomic E-state index is 0.0379. The van der Waals surface area contributed by atoms with Gasteiger partial charge in [0.05, 0.1) is 5.60 Å². The van der Waals surface area contributed by atoms with Crippen LogP contribution >= 0.6 is 11.6 Å². The minimum atomic E-state index is -0.888.